The molecule has 0 saturated heterocycles. The first-order valence-electron chi connectivity index (χ1n) is 14.0. The molecule has 0 aliphatic carbocycles. The van der Waals surface area contributed by atoms with E-state index in [2.05, 4.69) is 58.0 Å². The zero-order valence-corrected chi connectivity index (χ0v) is 23.4. The van der Waals surface area contributed by atoms with Crippen LogP contribution in [-0.4, -0.2) is 27.3 Å². The molecule has 1 aliphatic heterocycles. The average molecular weight is 540 g/mol. The van der Waals surface area contributed by atoms with Crippen molar-refractivity contribution < 1.29 is 4.79 Å². The maximum atomic E-state index is 13.0. The number of fused-ring (bicyclic) bond motifs is 1. The molecule has 2 heterocycles. The summed E-state index contributed by atoms with van der Waals surface area (Å²) in [4.78, 5) is 25.3. The van der Waals surface area contributed by atoms with Crippen molar-refractivity contribution in [1.82, 2.24) is 14.9 Å². The summed E-state index contributed by atoms with van der Waals surface area (Å²) in [5.41, 5.74) is 9.97. The van der Waals surface area contributed by atoms with Gasteiger partial charge in [-0.25, -0.2) is 9.97 Å². The number of para-hydroxylation sites is 1. The first kappa shape index (κ1) is 26.4. The van der Waals surface area contributed by atoms with Crippen molar-refractivity contribution in [2.45, 2.75) is 33.4 Å². The molecule has 0 atom stereocenters. The van der Waals surface area contributed by atoms with E-state index in [1.54, 1.807) is 0 Å². The third-order valence-corrected chi connectivity index (χ3v) is 7.56. The number of nitrogens with one attached hydrogen (secondary N) is 2. The van der Waals surface area contributed by atoms with Crippen molar-refractivity contribution in [3.8, 4) is 11.3 Å². The van der Waals surface area contributed by atoms with E-state index in [0.717, 1.165) is 65.5 Å². The summed E-state index contributed by atoms with van der Waals surface area (Å²) in [5.74, 6) is 0.417. The standard InChI is InChI=1S/C35H33N5O/c1-24-10-9-11-25(2)32(24)38-34(41)28-16-18-29(19-17-28)36-35-37-31-23-40(22-26-12-5-3-6-13-26)21-20-30(31)33(39-35)27-14-7-4-8-15-27/h3-19H,20-23H2,1-2H3,(H,38,41)(H,36,37,39). The molecule has 6 heteroatoms. The summed E-state index contributed by atoms with van der Waals surface area (Å²) in [6, 6.07) is 34.3. The van der Waals surface area contributed by atoms with E-state index in [1.807, 2.05) is 74.5 Å². The molecular formula is C35H33N5O. The number of nitrogens with zero attached hydrogens (tertiary/aromatic N) is 3. The number of anilines is 3. The van der Waals surface area contributed by atoms with Crippen molar-refractivity contribution in [3.05, 3.63) is 137 Å². The predicted octanol–water partition coefficient (Wildman–Crippen LogP) is 7.31. The summed E-state index contributed by atoms with van der Waals surface area (Å²) < 4.78 is 0. The zero-order chi connectivity index (χ0) is 28.2. The number of amides is 1. The van der Waals surface area contributed by atoms with Gasteiger partial charge in [0, 0.05) is 47.7 Å². The Morgan fingerprint density at radius 2 is 1.49 bits per heavy atom. The molecule has 6 nitrogen and oxygen atoms in total. The van der Waals surface area contributed by atoms with Crippen LogP contribution in [0, 0.1) is 13.8 Å². The van der Waals surface area contributed by atoms with Gasteiger partial charge in [-0.05, 0) is 61.2 Å². The number of aromatic nitrogens is 2. The molecular weight excluding hydrogens is 506 g/mol. The van der Waals surface area contributed by atoms with Crippen LogP contribution in [0.25, 0.3) is 11.3 Å². The van der Waals surface area contributed by atoms with Gasteiger partial charge in [-0.1, -0.05) is 78.9 Å². The predicted molar refractivity (Wildman–Crippen MR) is 165 cm³/mol. The lowest BCUT2D eigenvalue weighted by Crippen LogP contribution is -2.31. The summed E-state index contributed by atoms with van der Waals surface area (Å²) >= 11 is 0. The first-order chi connectivity index (χ1) is 20.0. The molecule has 0 saturated carbocycles. The fraction of sp³-hybridized carbons (Fsp3) is 0.171. The Kier molecular flexibility index (Phi) is 7.56. The van der Waals surface area contributed by atoms with E-state index >= 15 is 0 Å². The SMILES string of the molecule is Cc1cccc(C)c1NC(=O)c1ccc(Nc2nc3c(c(-c4ccccc4)n2)CCN(Cc2ccccc2)C3)cc1. The maximum absolute atomic E-state index is 13.0. The number of benzene rings is 4. The van der Waals surface area contributed by atoms with E-state index in [4.69, 9.17) is 9.97 Å². The van der Waals surface area contributed by atoms with Gasteiger partial charge in [-0.3, -0.25) is 9.69 Å². The Balaban J connectivity index is 1.24. The van der Waals surface area contributed by atoms with Gasteiger partial charge in [0.15, 0.2) is 0 Å². The van der Waals surface area contributed by atoms with Crippen LogP contribution in [0.5, 0.6) is 0 Å². The Morgan fingerprint density at radius 3 is 2.20 bits per heavy atom. The molecule has 1 amide bonds. The van der Waals surface area contributed by atoms with Gasteiger partial charge >= 0.3 is 0 Å². The molecule has 4 aromatic carbocycles. The van der Waals surface area contributed by atoms with Crippen molar-refractivity contribution in [3.63, 3.8) is 0 Å². The summed E-state index contributed by atoms with van der Waals surface area (Å²) in [6.45, 7) is 6.61. The molecule has 2 N–H and O–H groups in total. The number of rotatable bonds is 7. The van der Waals surface area contributed by atoms with Gasteiger partial charge in [0.25, 0.3) is 5.91 Å². The summed E-state index contributed by atoms with van der Waals surface area (Å²) in [7, 11) is 0. The van der Waals surface area contributed by atoms with E-state index < -0.39 is 0 Å². The number of carbonyl (C=O) groups excluding carboxylic acids is 1. The van der Waals surface area contributed by atoms with Crippen LogP contribution < -0.4 is 10.6 Å². The van der Waals surface area contributed by atoms with E-state index in [9.17, 15) is 4.79 Å². The Bertz CT molecular complexity index is 1650. The minimum atomic E-state index is -0.135. The Labute approximate surface area is 241 Å². The second-order valence-corrected chi connectivity index (χ2v) is 10.6. The molecule has 204 valence electrons. The third-order valence-electron chi connectivity index (χ3n) is 7.56. The highest BCUT2D eigenvalue weighted by molar-refractivity contribution is 6.05. The lowest BCUT2D eigenvalue weighted by atomic mass is 9.98. The van der Waals surface area contributed by atoms with Crippen molar-refractivity contribution in [2.75, 3.05) is 17.2 Å². The number of hydrogen-bond acceptors (Lipinski definition) is 5. The van der Waals surface area contributed by atoms with E-state index in [1.165, 1.54) is 11.1 Å². The van der Waals surface area contributed by atoms with Crippen LogP contribution >= 0.6 is 0 Å². The second-order valence-electron chi connectivity index (χ2n) is 10.6. The fourth-order valence-electron chi connectivity index (χ4n) is 5.38. The highest BCUT2D eigenvalue weighted by Gasteiger charge is 2.23. The highest BCUT2D eigenvalue weighted by Crippen LogP contribution is 2.30. The average Bonchev–Trinajstić information content (AvgIpc) is 3.00. The maximum Gasteiger partial charge on any atom is 0.255 e. The van der Waals surface area contributed by atoms with Crippen LogP contribution in [0.2, 0.25) is 0 Å². The van der Waals surface area contributed by atoms with Crippen LogP contribution in [0.3, 0.4) is 0 Å². The highest BCUT2D eigenvalue weighted by atomic mass is 16.1. The van der Waals surface area contributed by atoms with Gasteiger partial charge in [0.05, 0.1) is 11.4 Å². The van der Waals surface area contributed by atoms with Gasteiger partial charge in [0.2, 0.25) is 5.95 Å². The lowest BCUT2D eigenvalue weighted by Gasteiger charge is -2.29. The molecule has 41 heavy (non-hydrogen) atoms. The molecule has 0 spiro atoms. The molecule has 1 aliphatic rings. The lowest BCUT2D eigenvalue weighted by molar-refractivity contribution is 0.102. The molecule has 1 aromatic heterocycles. The molecule has 5 aromatic rings. The molecule has 6 rings (SSSR count). The topological polar surface area (TPSA) is 70.1 Å². The number of carbonyl (C=O) groups is 1. The fourth-order valence-corrected chi connectivity index (χ4v) is 5.38. The van der Waals surface area contributed by atoms with E-state index in [-0.39, 0.29) is 5.91 Å². The van der Waals surface area contributed by atoms with E-state index in [0.29, 0.717) is 11.5 Å². The molecule has 0 fully saturated rings. The summed E-state index contributed by atoms with van der Waals surface area (Å²) in [5, 5.41) is 6.45. The van der Waals surface area contributed by atoms with Gasteiger partial charge in [-0.2, -0.15) is 0 Å². The Hall–Kier alpha value is -4.81. The van der Waals surface area contributed by atoms with Crippen LogP contribution in [0.4, 0.5) is 17.3 Å². The Morgan fingerprint density at radius 1 is 0.805 bits per heavy atom. The van der Waals surface area contributed by atoms with Gasteiger partial charge < -0.3 is 10.6 Å². The minimum Gasteiger partial charge on any atom is -0.324 e. The van der Waals surface area contributed by atoms with Crippen LogP contribution in [0.1, 0.15) is 38.3 Å². The molecule has 0 unspecified atom stereocenters. The normalized spacial score (nSPS) is 12.9. The second kappa shape index (κ2) is 11.7. The minimum absolute atomic E-state index is 0.135. The largest absolute Gasteiger partial charge is 0.324 e. The number of aryl methyl sites for hydroxylation is 2. The first-order valence-corrected chi connectivity index (χ1v) is 14.0. The van der Waals surface area contributed by atoms with Gasteiger partial charge in [-0.15, -0.1) is 0 Å². The smallest absolute Gasteiger partial charge is 0.255 e. The van der Waals surface area contributed by atoms with Crippen LogP contribution in [0.15, 0.2) is 103 Å². The van der Waals surface area contributed by atoms with Crippen LogP contribution in [-0.2, 0) is 19.5 Å². The van der Waals surface area contributed by atoms with Crippen molar-refractivity contribution >= 4 is 23.2 Å². The van der Waals surface area contributed by atoms with Crippen molar-refractivity contribution in [2.24, 2.45) is 0 Å². The van der Waals surface area contributed by atoms with Crippen molar-refractivity contribution in [1.29, 1.82) is 0 Å². The molecule has 0 radical (unpaired) electrons. The zero-order valence-electron chi connectivity index (χ0n) is 23.4. The van der Waals surface area contributed by atoms with Gasteiger partial charge in [0.1, 0.15) is 0 Å². The molecule has 0 bridgehead atoms. The number of hydrogen-bond donors (Lipinski definition) is 2. The monoisotopic (exact) mass is 539 g/mol. The third kappa shape index (κ3) is 6.03. The summed E-state index contributed by atoms with van der Waals surface area (Å²) in [6.07, 6.45) is 0.900. The quantitative estimate of drug-likeness (QED) is 0.227.